The van der Waals surface area contributed by atoms with Crippen LogP contribution in [0.1, 0.15) is 37.1 Å². The second kappa shape index (κ2) is 3.08. The van der Waals surface area contributed by atoms with Crippen molar-refractivity contribution in [1.82, 2.24) is 10.1 Å². The Hall–Kier alpha value is -0.940. The molecular formula is C8H13N3O2. The molecule has 1 fully saturated rings. The highest BCUT2D eigenvalue weighted by Crippen LogP contribution is 2.45. The molecule has 5 heteroatoms. The fourth-order valence-corrected chi connectivity index (χ4v) is 1.32. The fraction of sp³-hybridized carbons (Fsp3) is 0.750. The molecule has 0 radical (unpaired) electrons. The number of nitrogens with zero attached hydrogens (tertiary/aromatic N) is 2. The molecule has 0 spiro atoms. The Labute approximate surface area is 75.9 Å². The Morgan fingerprint density at radius 1 is 1.77 bits per heavy atom. The summed E-state index contributed by atoms with van der Waals surface area (Å²) in [6, 6.07) is 0. The Balaban J connectivity index is 2.09. The third-order valence-corrected chi connectivity index (χ3v) is 2.41. The van der Waals surface area contributed by atoms with E-state index in [9.17, 15) is 5.11 Å². The number of aliphatic hydroxyl groups excluding tert-OH is 1. The number of nitrogens with two attached hydrogens (primary N) is 1. The number of aromatic nitrogens is 2. The van der Waals surface area contributed by atoms with Gasteiger partial charge in [0, 0.05) is 12.5 Å². The molecule has 1 aromatic rings. The number of hydrogen-bond donors (Lipinski definition) is 2. The van der Waals surface area contributed by atoms with Crippen LogP contribution >= 0.6 is 0 Å². The molecule has 0 bridgehead atoms. The zero-order chi connectivity index (χ0) is 9.42. The van der Waals surface area contributed by atoms with Gasteiger partial charge in [-0.15, -0.1) is 0 Å². The Morgan fingerprint density at radius 3 is 3.00 bits per heavy atom. The van der Waals surface area contributed by atoms with Gasteiger partial charge in [-0.1, -0.05) is 12.1 Å². The zero-order valence-corrected chi connectivity index (χ0v) is 7.47. The first-order valence-electron chi connectivity index (χ1n) is 4.44. The van der Waals surface area contributed by atoms with Crippen molar-refractivity contribution in [2.75, 3.05) is 6.54 Å². The molecule has 1 saturated carbocycles. The minimum absolute atomic E-state index is 0.113. The summed E-state index contributed by atoms with van der Waals surface area (Å²) < 4.78 is 4.88. The Morgan fingerprint density at radius 2 is 2.46 bits per heavy atom. The van der Waals surface area contributed by atoms with Gasteiger partial charge in [0.1, 0.15) is 6.10 Å². The molecule has 1 aliphatic rings. The highest BCUT2D eigenvalue weighted by molar-refractivity contribution is 5.08. The molecule has 1 aliphatic carbocycles. The van der Waals surface area contributed by atoms with E-state index in [1.54, 1.807) is 0 Å². The summed E-state index contributed by atoms with van der Waals surface area (Å²) in [4.78, 5) is 4.09. The lowest BCUT2D eigenvalue weighted by Gasteiger charge is -1.97. The van der Waals surface area contributed by atoms with Crippen molar-refractivity contribution < 1.29 is 9.63 Å². The van der Waals surface area contributed by atoms with E-state index in [4.69, 9.17) is 10.3 Å². The lowest BCUT2D eigenvalue weighted by Crippen LogP contribution is -2.11. The van der Waals surface area contributed by atoms with Gasteiger partial charge in [-0.2, -0.15) is 4.98 Å². The third-order valence-electron chi connectivity index (χ3n) is 2.41. The molecule has 0 saturated heterocycles. The molecule has 0 aromatic carbocycles. The minimum atomic E-state index is -0.824. The van der Waals surface area contributed by atoms with Crippen molar-refractivity contribution in [2.24, 2.45) is 11.7 Å². The maximum Gasteiger partial charge on any atom is 0.256 e. The van der Waals surface area contributed by atoms with Gasteiger partial charge in [0.2, 0.25) is 0 Å². The van der Waals surface area contributed by atoms with Gasteiger partial charge in [0.25, 0.3) is 5.89 Å². The first-order chi connectivity index (χ1) is 6.22. The van der Waals surface area contributed by atoms with Crippen LogP contribution in [0.3, 0.4) is 0 Å². The summed E-state index contributed by atoms with van der Waals surface area (Å²) in [5.41, 5.74) is 5.25. The minimum Gasteiger partial charge on any atom is -0.382 e. The monoisotopic (exact) mass is 183 g/mol. The third kappa shape index (κ3) is 1.57. The molecule has 13 heavy (non-hydrogen) atoms. The van der Waals surface area contributed by atoms with Gasteiger partial charge in [-0.3, -0.25) is 0 Å². The van der Waals surface area contributed by atoms with E-state index in [1.807, 2.05) is 0 Å². The van der Waals surface area contributed by atoms with Gasteiger partial charge in [0.15, 0.2) is 5.82 Å². The van der Waals surface area contributed by atoms with Crippen molar-refractivity contribution in [3.63, 3.8) is 0 Å². The summed E-state index contributed by atoms with van der Waals surface area (Å²) in [5.74, 6) is 1.99. The average molecular weight is 183 g/mol. The summed E-state index contributed by atoms with van der Waals surface area (Å²) in [7, 11) is 0. The van der Waals surface area contributed by atoms with Crippen molar-refractivity contribution in [3.8, 4) is 0 Å². The molecule has 0 aliphatic heterocycles. The van der Waals surface area contributed by atoms with Crippen molar-refractivity contribution >= 4 is 0 Å². The summed E-state index contributed by atoms with van der Waals surface area (Å²) in [6.07, 6.45) is 0.285. The van der Waals surface area contributed by atoms with Crippen molar-refractivity contribution in [2.45, 2.75) is 25.4 Å². The predicted octanol–water partition coefficient (Wildman–Crippen LogP) is 0.185. The van der Waals surface area contributed by atoms with E-state index in [2.05, 4.69) is 17.1 Å². The second-order valence-electron chi connectivity index (χ2n) is 3.56. The molecule has 2 rings (SSSR count). The molecule has 1 heterocycles. The van der Waals surface area contributed by atoms with Crippen molar-refractivity contribution in [1.29, 1.82) is 0 Å². The summed E-state index contributed by atoms with van der Waals surface area (Å²) in [6.45, 7) is 2.25. The van der Waals surface area contributed by atoms with E-state index >= 15 is 0 Å². The molecular weight excluding hydrogens is 170 g/mol. The average Bonchev–Trinajstić information content (AvgIpc) is 2.70. The van der Waals surface area contributed by atoms with Crippen LogP contribution in [0.4, 0.5) is 0 Å². The molecule has 0 amide bonds. The first-order valence-corrected chi connectivity index (χ1v) is 4.44. The maximum atomic E-state index is 9.29. The molecule has 3 unspecified atom stereocenters. The van der Waals surface area contributed by atoms with Crippen LogP contribution in [-0.2, 0) is 0 Å². The van der Waals surface area contributed by atoms with Crippen LogP contribution in [0, 0.1) is 5.92 Å². The normalized spacial score (nSPS) is 28.8. The largest absolute Gasteiger partial charge is 0.382 e. The van der Waals surface area contributed by atoms with E-state index in [-0.39, 0.29) is 12.4 Å². The molecule has 3 atom stereocenters. The summed E-state index contributed by atoms with van der Waals surface area (Å²) in [5, 5.41) is 13.1. The Kier molecular flexibility index (Phi) is 2.05. The van der Waals surface area contributed by atoms with Crippen molar-refractivity contribution in [3.05, 3.63) is 11.7 Å². The SMILES string of the molecule is CC1CC1c1noc(C(O)CN)n1. The van der Waals surface area contributed by atoms with E-state index in [0.717, 1.165) is 6.42 Å². The highest BCUT2D eigenvalue weighted by atomic mass is 16.5. The van der Waals surface area contributed by atoms with Gasteiger partial charge >= 0.3 is 0 Å². The van der Waals surface area contributed by atoms with Crippen LogP contribution in [0.25, 0.3) is 0 Å². The van der Waals surface area contributed by atoms with E-state index in [1.165, 1.54) is 0 Å². The van der Waals surface area contributed by atoms with Crippen LogP contribution in [0.2, 0.25) is 0 Å². The highest BCUT2D eigenvalue weighted by Gasteiger charge is 2.38. The lowest BCUT2D eigenvalue weighted by molar-refractivity contribution is 0.141. The smallest absolute Gasteiger partial charge is 0.256 e. The topological polar surface area (TPSA) is 85.2 Å². The van der Waals surface area contributed by atoms with Gasteiger partial charge < -0.3 is 15.4 Å². The molecule has 72 valence electrons. The van der Waals surface area contributed by atoms with Gasteiger partial charge in [-0.25, -0.2) is 0 Å². The van der Waals surface area contributed by atoms with Crippen LogP contribution in [0.5, 0.6) is 0 Å². The molecule has 5 nitrogen and oxygen atoms in total. The number of aliphatic hydroxyl groups is 1. The summed E-state index contributed by atoms with van der Waals surface area (Å²) >= 11 is 0. The van der Waals surface area contributed by atoms with E-state index < -0.39 is 6.10 Å². The second-order valence-corrected chi connectivity index (χ2v) is 3.56. The fourth-order valence-electron chi connectivity index (χ4n) is 1.32. The predicted molar refractivity (Wildman–Crippen MR) is 44.8 cm³/mol. The zero-order valence-electron chi connectivity index (χ0n) is 7.47. The first kappa shape index (κ1) is 8.65. The van der Waals surface area contributed by atoms with Crippen LogP contribution < -0.4 is 5.73 Å². The van der Waals surface area contributed by atoms with Gasteiger partial charge in [0.05, 0.1) is 0 Å². The molecule has 1 aromatic heterocycles. The van der Waals surface area contributed by atoms with E-state index in [0.29, 0.717) is 17.7 Å². The number of rotatable bonds is 3. The number of hydrogen-bond acceptors (Lipinski definition) is 5. The molecule has 3 N–H and O–H groups in total. The van der Waals surface area contributed by atoms with Crippen LogP contribution in [-0.4, -0.2) is 21.8 Å². The van der Waals surface area contributed by atoms with Crippen LogP contribution in [0.15, 0.2) is 4.52 Å². The maximum absolute atomic E-state index is 9.29. The Bertz CT molecular complexity index is 281. The van der Waals surface area contributed by atoms with Gasteiger partial charge in [-0.05, 0) is 12.3 Å². The lowest BCUT2D eigenvalue weighted by atomic mass is 10.3. The quantitative estimate of drug-likeness (QED) is 0.698. The standard InChI is InChI=1S/C8H13N3O2/c1-4-2-5(4)7-10-8(13-11-7)6(12)3-9/h4-6,12H,2-3,9H2,1H3.